The number of hydrogen-bond acceptors (Lipinski definition) is 5. The molecule has 0 spiro atoms. The van der Waals surface area contributed by atoms with Gasteiger partial charge < -0.3 is 14.5 Å². The molecule has 0 bridgehead atoms. The molecule has 5 nitrogen and oxygen atoms in total. The smallest absolute Gasteiger partial charge is 0.308 e. The van der Waals surface area contributed by atoms with Crippen molar-refractivity contribution in [1.29, 1.82) is 0 Å². The third kappa shape index (κ3) is 4.75. The van der Waals surface area contributed by atoms with E-state index in [1.54, 1.807) is 11.8 Å². The Morgan fingerprint density at radius 2 is 1.45 bits per heavy atom. The van der Waals surface area contributed by atoms with E-state index in [0.717, 1.165) is 37.3 Å². The first kappa shape index (κ1) is 19.8. The van der Waals surface area contributed by atoms with Gasteiger partial charge in [-0.15, -0.1) is 0 Å². The van der Waals surface area contributed by atoms with Crippen LogP contribution in [0, 0.1) is 0 Å². The highest BCUT2D eigenvalue weighted by Crippen LogP contribution is 2.47. The van der Waals surface area contributed by atoms with Crippen LogP contribution < -0.4 is 4.90 Å². The Labute approximate surface area is 176 Å². The van der Waals surface area contributed by atoms with Crippen LogP contribution in [0.2, 0.25) is 0 Å². The van der Waals surface area contributed by atoms with Crippen molar-refractivity contribution in [3.63, 3.8) is 0 Å². The molecule has 2 aromatic carbocycles. The Hall–Kier alpha value is -2.47. The molecule has 29 heavy (non-hydrogen) atoms. The topological polar surface area (TPSA) is 49.9 Å². The molecule has 0 radical (unpaired) electrons. The van der Waals surface area contributed by atoms with Crippen molar-refractivity contribution in [2.45, 2.75) is 41.9 Å². The van der Waals surface area contributed by atoms with E-state index in [4.69, 9.17) is 4.74 Å². The zero-order valence-corrected chi connectivity index (χ0v) is 17.3. The fourth-order valence-corrected chi connectivity index (χ4v) is 4.95. The van der Waals surface area contributed by atoms with Gasteiger partial charge in [-0.3, -0.25) is 9.59 Å². The maximum absolute atomic E-state index is 12.3. The maximum atomic E-state index is 12.3. The van der Waals surface area contributed by atoms with Crippen molar-refractivity contribution >= 4 is 35.0 Å². The van der Waals surface area contributed by atoms with E-state index in [0.29, 0.717) is 6.54 Å². The summed E-state index contributed by atoms with van der Waals surface area (Å²) < 4.78 is 5.30. The van der Waals surface area contributed by atoms with Gasteiger partial charge >= 0.3 is 5.97 Å². The van der Waals surface area contributed by atoms with Crippen molar-refractivity contribution < 1.29 is 14.3 Å². The fourth-order valence-electron chi connectivity index (χ4n) is 3.85. The molecule has 0 atom stereocenters. The van der Waals surface area contributed by atoms with Crippen molar-refractivity contribution in [3.8, 4) is 0 Å². The molecule has 0 saturated carbocycles. The van der Waals surface area contributed by atoms with E-state index in [1.165, 1.54) is 22.6 Å². The summed E-state index contributed by atoms with van der Waals surface area (Å²) in [7, 11) is 0. The van der Waals surface area contributed by atoms with Crippen LogP contribution in [0.4, 0.5) is 11.4 Å². The van der Waals surface area contributed by atoms with Crippen LogP contribution in [0.15, 0.2) is 58.3 Å². The summed E-state index contributed by atoms with van der Waals surface area (Å²) >= 11 is 1.74. The molecule has 2 aliphatic rings. The lowest BCUT2D eigenvalue weighted by Gasteiger charge is -2.32. The minimum Gasteiger partial charge on any atom is -0.456 e. The first-order valence-electron chi connectivity index (χ1n) is 10.3. The first-order chi connectivity index (χ1) is 14.2. The highest BCUT2D eigenvalue weighted by Gasteiger charge is 2.24. The predicted octanol–water partition coefficient (Wildman–Crippen LogP) is 4.63. The summed E-state index contributed by atoms with van der Waals surface area (Å²) in [6.45, 7) is 1.91. The number of nitrogens with zero attached hydrogens (tertiary/aromatic N) is 2. The first-order valence-corrected chi connectivity index (χ1v) is 11.1. The zero-order chi connectivity index (χ0) is 20.1. The number of carbonyl (C=O) groups excluding carboxylic acids is 2. The van der Waals surface area contributed by atoms with E-state index >= 15 is 0 Å². The van der Waals surface area contributed by atoms with Gasteiger partial charge in [0.2, 0.25) is 0 Å². The highest BCUT2D eigenvalue weighted by atomic mass is 32.2. The third-order valence-electron chi connectivity index (χ3n) is 5.39. The van der Waals surface area contributed by atoms with Gasteiger partial charge in [0.05, 0.1) is 17.8 Å². The summed E-state index contributed by atoms with van der Waals surface area (Å²) in [5, 5.41) is 0. The molecular weight excluding hydrogens is 384 g/mol. The van der Waals surface area contributed by atoms with Gasteiger partial charge in [0.1, 0.15) is 0 Å². The Balaban J connectivity index is 1.35. The highest BCUT2D eigenvalue weighted by molar-refractivity contribution is 7.99. The van der Waals surface area contributed by atoms with E-state index in [2.05, 4.69) is 29.2 Å². The van der Waals surface area contributed by atoms with E-state index in [-0.39, 0.29) is 24.9 Å². The monoisotopic (exact) mass is 410 g/mol. The average Bonchev–Trinajstić information content (AvgIpc) is 3.04. The molecule has 152 valence electrons. The molecule has 0 aliphatic carbocycles. The minimum atomic E-state index is -0.332. The minimum absolute atomic E-state index is 0.0784. The fraction of sp³-hybridized carbons (Fsp3) is 0.391. The number of likely N-dealkylation sites (tertiary alicyclic amines) is 1. The molecule has 2 aliphatic heterocycles. The number of rotatable bonds is 5. The quantitative estimate of drug-likeness (QED) is 0.673. The number of amides is 1. The summed E-state index contributed by atoms with van der Waals surface area (Å²) in [5.41, 5.74) is 2.20. The second kappa shape index (κ2) is 9.35. The molecule has 1 saturated heterocycles. The summed E-state index contributed by atoms with van der Waals surface area (Å²) in [6, 6.07) is 16.4. The van der Waals surface area contributed by atoms with E-state index < -0.39 is 0 Å². The molecule has 0 unspecified atom stereocenters. The van der Waals surface area contributed by atoms with Crippen LogP contribution in [-0.4, -0.2) is 43.0 Å². The van der Waals surface area contributed by atoms with Gasteiger partial charge in [0, 0.05) is 29.4 Å². The normalized spacial score (nSPS) is 15.9. The molecule has 4 rings (SSSR count). The number of anilines is 2. The van der Waals surface area contributed by atoms with Gasteiger partial charge in [-0.2, -0.15) is 0 Å². The Kier molecular flexibility index (Phi) is 6.39. The van der Waals surface area contributed by atoms with Crippen molar-refractivity contribution in [3.05, 3.63) is 48.5 Å². The van der Waals surface area contributed by atoms with Gasteiger partial charge in [0.15, 0.2) is 6.61 Å². The number of hydrogen-bond donors (Lipinski definition) is 0. The summed E-state index contributed by atoms with van der Waals surface area (Å²) in [6.07, 6.45) is 4.64. The van der Waals surface area contributed by atoms with Crippen LogP contribution >= 0.6 is 11.8 Å². The lowest BCUT2D eigenvalue weighted by Crippen LogP contribution is -2.35. The molecule has 0 aromatic heterocycles. The van der Waals surface area contributed by atoms with E-state index in [9.17, 15) is 9.59 Å². The number of benzene rings is 2. The van der Waals surface area contributed by atoms with Crippen LogP contribution in [0.3, 0.4) is 0 Å². The van der Waals surface area contributed by atoms with Gasteiger partial charge in [-0.1, -0.05) is 48.9 Å². The third-order valence-corrected chi connectivity index (χ3v) is 6.52. The molecule has 1 fully saturated rings. The lowest BCUT2D eigenvalue weighted by atomic mass is 10.2. The molecule has 2 heterocycles. The van der Waals surface area contributed by atoms with Crippen molar-refractivity contribution in [2.24, 2.45) is 0 Å². The lowest BCUT2D eigenvalue weighted by molar-refractivity contribution is -0.151. The molecule has 2 aromatic rings. The SMILES string of the molecule is O=C(CCN1c2ccccc2Sc2ccccc21)OCC(=O)N1CCCCCC1. The van der Waals surface area contributed by atoms with Crippen LogP contribution in [0.25, 0.3) is 0 Å². The van der Waals surface area contributed by atoms with Gasteiger partial charge in [-0.05, 0) is 37.1 Å². The van der Waals surface area contributed by atoms with Crippen molar-refractivity contribution in [1.82, 2.24) is 4.90 Å². The van der Waals surface area contributed by atoms with Crippen LogP contribution in [-0.2, 0) is 14.3 Å². The molecule has 1 amide bonds. The zero-order valence-electron chi connectivity index (χ0n) is 16.5. The number of fused-ring (bicyclic) bond motifs is 2. The molecule has 0 N–H and O–H groups in total. The molecular formula is C23H26N2O3S. The number of ether oxygens (including phenoxy) is 1. The second-order valence-corrected chi connectivity index (χ2v) is 8.48. The number of carbonyl (C=O) groups is 2. The summed E-state index contributed by atoms with van der Waals surface area (Å²) in [4.78, 5) is 31.0. The Morgan fingerprint density at radius 1 is 0.862 bits per heavy atom. The Morgan fingerprint density at radius 3 is 2.07 bits per heavy atom. The Bertz CT molecular complexity index is 832. The standard InChI is InChI=1S/C23H26N2O3S/c26-22(24-14-7-1-2-8-15-24)17-28-23(27)13-16-25-18-9-3-5-11-20(18)29-21-12-6-4-10-19(21)25/h3-6,9-12H,1-2,7-8,13-17H2. The van der Waals surface area contributed by atoms with E-state index in [1.807, 2.05) is 29.2 Å². The molecule has 6 heteroatoms. The van der Waals surface area contributed by atoms with Gasteiger partial charge in [-0.25, -0.2) is 0 Å². The summed E-state index contributed by atoms with van der Waals surface area (Å²) in [5.74, 6) is -0.410. The second-order valence-electron chi connectivity index (χ2n) is 7.39. The maximum Gasteiger partial charge on any atom is 0.308 e. The van der Waals surface area contributed by atoms with Gasteiger partial charge in [0.25, 0.3) is 5.91 Å². The predicted molar refractivity (Wildman–Crippen MR) is 115 cm³/mol. The van der Waals surface area contributed by atoms with Crippen molar-refractivity contribution in [2.75, 3.05) is 31.1 Å². The number of esters is 1. The largest absolute Gasteiger partial charge is 0.456 e. The average molecular weight is 411 g/mol. The number of para-hydroxylation sites is 2. The van der Waals surface area contributed by atoms with Crippen LogP contribution in [0.1, 0.15) is 32.1 Å². The van der Waals surface area contributed by atoms with Crippen LogP contribution in [0.5, 0.6) is 0 Å².